The summed E-state index contributed by atoms with van der Waals surface area (Å²) in [6.45, 7) is 2.07. The van der Waals surface area contributed by atoms with Crippen LogP contribution in [0.3, 0.4) is 0 Å². The maximum absolute atomic E-state index is 12.3. The highest BCUT2D eigenvalue weighted by molar-refractivity contribution is 5.75. The molecule has 0 aliphatic rings. The Kier molecular flexibility index (Phi) is 5.11. The van der Waals surface area contributed by atoms with Crippen LogP contribution in [0.25, 0.3) is 11.2 Å². The molecule has 9 nitrogen and oxygen atoms in total. The van der Waals surface area contributed by atoms with Gasteiger partial charge in [0, 0.05) is 14.1 Å². The summed E-state index contributed by atoms with van der Waals surface area (Å²) in [4.78, 5) is 40.4. The van der Waals surface area contributed by atoms with E-state index in [4.69, 9.17) is 9.47 Å². The van der Waals surface area contributed by atoms with Crippen LogP contribution >= 0.6 is 0 Å². The maximum atomic E-state index is 12.3. The monoisotopic (exact) mass is 372 g/mol. The zero-order valence-corrected chi connectivity index (χ0v) is 15.3. The molecule has 0 aliphatic heterocycles. The van der Waals surface area contributed by atoms with Crippen molar-refractivity contribution in [2.24, 2.45) is 14.1 Å². The minimum Gasteiger partial charge on any atom is -0.490 e. The molecule has 9 heteroatoms. The predicted molar refractivity (Wildman–Crippen MR) is 97.8 cm³/mol. The van der Waals surface area contributed by atoms with E-state index in [1.54, 1.807) is 0 Å². The van der Waals surface area contributed by atoms with Crippen LogP contribution in [0.4, 0.5) is 0 Å². The molecule has 142 valence electrons. The minimum atomic E-state index is -0.530. The van der Waals surface area contributed by atoms with E-state index in [0.29, 0.717) is 5.75 Å². The summed E-state index contributed by atoms with van der Waals surface area (Å²) in [5, 5.41) is 0. The first-order chi connectivity index (χ1) is 12.9. The van der Waals surface area contributed by atoms with E-state index >= 15 is 0 Å². The number of hydrogen-bond donors (Lipinski definition) is 0. The van der Waals surface area contributed by atoms with Crippen LogP contribution in [0.15, 0.2) is 40.2 Å². The van der Waals surface area contributed by atoms with Gasteiger partial charge in [0.15, 0.2) is 11.2 Å². The summed E-state index contributed by atoms with van der Waals surface area (Å²) in [6, 6.07) is 7.56. The second-order valence-electron chi connectivity index (χ2n) is 6.14. The van der Waals surface area contributed by atoms with E-state index < -0.39 is 17.2 Å². The number of hydrogen-bond acceptors (Lipinski definition) is 6. The summed E-state index contributed by atoms with van der Waals surface area (Å²) < 4.78 is 14.3. The van der Waals surface area contributed by atoms with Crippen LogP contribution in [0.5, 0.6) is 5.75 Å². The second kappa shape index (κ2) is 7.48. The number of fused-ring (bicyclic) bond motifs is 1. The lowest BCUT2D eigenvalue weighted by Gasteiger charge is -2.09. The first kappa shape index (κ1) is 18.4. The van der Waals surface area contributed by atoms with Gasteiger partial charge >= 0.3 is 11.7 Å². The molecule has 27 heavy (non-hydrogen) atoms. The maximum Gasteiger partial charge on any atom is 0.332 e. The fourth-order valence-corrected chi connectivity index (χ4v) is 2.72. The highest BCUT2D eigenvalue weighted by Gasteiger charge is 2.16. The van der Waals surface area contributed by atoms with Crippen molar-refractivity contribution in [1.82, 2.24) is 18.7 Å². The highest BCUT2D eigenvalue weighted by atomic mass is 16.6. The highest BCUT2D eigenvalue weighted by Crippen LogP contribution is 2.12. The molecule has 0 amide bonds. The lowest BCUT2D eigenvalue weighted by molar-refractivity contribution is -0.145. The zero-order chi connectivity index (χ0) is 19.6. The number of aryl methyl sites for hydroxylation is 2. The number of carbonyl (C=O) groups is 1. The van der Waals surface area contributed by atoms with Crippen LogP contribution in [0.2, 0.25) is 0 Å². The molecule has 0 saturated heterocycles. The number of ether oxygens (including phenoxy) is 2. The Balaban J connectivity index is 1.63. The van der Waals surface area contributed by atoms with Gasteiger partial charge in [-0.05, 0) is 24.6 Å². The number of rotatable bonds is 6. The lowest BCUT2D eigenvalue weighted by Crippen LogP contribution is -2.37. The van der Waals surface area contributed by atoms with Gasteiger partial charge in [-0.2, -0.15) is 0 Å². The molecule has 0 spiro atoms. The van der Waals surface area contributed by atoms with Crippen LogP contribution < -0.4 is 16.0 Å². The van der Waals surface area contributed by atoms with Crippen molar-refractivity contribution in [3.8, 4) is 5.75 Å². The van der Waals surface area contributed by atoms with Crippen molar-refractivity contribution in [3.63, 3.8) is 0 Å². The number of carbonyl (C=O) groups excluding carboxylic acids is 1. The van der Waals surface area contributed by atoms with Gasteiger partial charge in [-0.3, -0.25) is 18.7 Å². The third-order valence-corrected chi connectivity index (χ3v) is 4.12. The summed E-state index contributed by atoms with van der Waals surface area (Å²) in [7, 11) is 2.89. The molecular formula is C18H20N4O5. The normalized spacial score (nSPS) is 10.9. The molecule has 3 rings (SSSR count). The average molecular weight is 372 g/mol. The second-order valence-corrected chi connectivity index (χ2v) is 6.14. The Morgan fingerprint density at radius 2 is 1.93 bits per heavy atom. The minimum absolute atomic E-state index is 0.0793. The molecule has 0 N–H and O–H groups in total. The van der Waals surface area contributed by atoms with Crippen LogP contribution in [-0.2, 0) is 30.2 Å². The molecule has 0 atom stereocenters. The molecule has 2 aromatic heterocycles. The summed E-state index contributed by atoms with van der Waals surface area (Å²) in [5.74, 6) is 0.175. The van der Waals surface area contributed by atoms with E-state index in [9.17, 15) is 14.4 Å². The van der Waals surface area contributed by atoms with Gasteiger partial charge in [-0.25, -0.2) is 9.78 Å². The first-order valence-corrected chi connectivity index (χ1v) is 8.34. The van der Waals surface area contributed by atoms with Gasteiger partial charge in [0.1, 0.15) is 25.5 Å². The van der Waals surface area contributed by atoms with Crippen LogP contribution in [-0.4, -0.2) is 37.9 Å². The molecule has 0 unspecified atom stereocenters. The van der Waals surface area contributed by atoms with Gasteiger partial charge in [-0.15, -0.1) is 0 Å². The Labute approximate surface area is 154 Å². The van der Waals surface area contributed by atoms with Crippen molar-refractivity contribution in [3.05, 3.63) is 57.0 Å². The van der Waals surface area contributed by atoms with Crippen molar-refractivity contribution in [1.29, 1.82) is 0 Å². The van der Waals surface area contributed by atoms with Crippen molar-refractivity contribution >= 4 is 17.1 Å². The molecule has 0 aliphatic carbocycles. The smallest absolute Gasteiger partial charge is 0.332 e. The Morgan fingerprint density at radius 3 is 2.67 bits per heavy atom. The van der Waals surface area contributed by atoms with Crippen LogP contribution in [0.1, 0.15) is 5.56 Å². The molecular weight excluding hydrogens is 352 g/mol. The molecule has 1 aromatic carbocycles. The van der Waals surface area contributed by atoms with Crippen molar-refractivity contribution < 1.29 is 14.3 Å². The molecule has 0 radical (unpaired) electrons. The average Bonchev–Trinajstić information content (AvgIpc) is 3.05. The number of esters is 1. The van der Waals surface area contributed by atoms with E-state index in [-0.39, 0.29) is 30.9 Å². The first-order valence-electron chi connectivity index (χ1n) is 8.34. The van der Waals surface area contributed by atoms with E-state index in [1.807, 2.05) is 31.2 Å². The van der Waals surface area contributed by atoms with Gasteiger partial charge < -0.3 is 14.0 Å². The summed E-state index contributed by atoms with van der Waals surface area (Å²) in [6.07, 6.45) is 1.34. The lowest BCUT2D eigenvalue weighted by atomic mass is 10.2. The number of nitrogens with zero attached hydrogens (tertiary/aromatic N) is 4. The Morgan fingerprint density at radius 1 is 1.15 bits per heavy atom. The summed E-state index contributed by atoms with van der Waals surface area (Å²) in [5.41, 5.74) is 0.480. The molecule has 0 saturated carbocycles. The summed E-state index contributed by atoms with van der Waals surface area (Å²) >= 11 is 0. The number of benzene rings is 1. The van der Waals surface area contributed by atoms with E-state index in [2.05, 4.69) is 4.98 Å². The molecule has 3 aromatic rings. The fourth-order valence-electron chi connectivity index (χ4n) is 2.72. The Bertz CT molecular complexity index is 1110. The van der Waals surface area contributed by atoms with Gasteiger partial charge in [0.05, 0.1) is 6.33 Å². The Hall–Kier alpha value is -3.36. The van der Waals surface area contributed by atoms with E-state index in [0.717, 1.165) is 10.1 Å². The largest absolute Gasteiger partial charge is 0.490 e. The van der Waals surface area contributed by atoms with Gasteiger partial charge in [0.25, 0.3) is 5.56 Å². The molecule has 0 bridgehead atoms. The van der Waals surface area contributed by atoms with E-state index in [1.165, 1.54) is 29.6 Å². The number of imidazole rings is 1. The number of aromatic nitrogens is 4. The zero-order valence-electron chi connectivity index (χ0n) is 15.3. The standard InChI is InChI=1S/C18H20N4O5/c1-12-5-4-6-13(9-12)26-7-8-27-14(23)10-22-11-19-16-15(22)17(24)21(3)18(25)20(16)2/h4-6,9,11H,7-8,10H2,1-3H3. The van der Waals surface area contributed by atoms with Crippen LogP contribution in [0, 0.1) is 6.92 Å². The van der Waals surface area contributed by atoms with Crippen molar-refractivity contribution in [2.75, 3.05) is 13.2 Å². The predicted octanol–water partition coefficient (Wildman–Crippen LogP) is 0.364. The quantitative estimate of drug-likeness (QED) is 0.458. The molecule has 0 fully saturated rings. The SMILES string of the molecule is Cc1cccc(OCCOC(=O)Cn2cnc3c2c(=O)n(C)c(=O)n3C)c1. The molecule has 2 heterocycles. The van der Waals surface area contributed by atoms with Gasteiger partial charge in [-0.1, -0.05) is 12.1 Å². The van der Waals surface area contributed by atoms with Crippen molar-refractivity contribution in [2.45, 2.75) is 13.5 Å². The topological polar surface area (TPSA) is 97.3 Å². The van der Waals surface area contributed by atoms with Gasteiger partial charge in [0.2, 0.25) is 0 Å². The third-order valence-electron chi connectivity index (χ3n) is 4.12. The third kappa shape index (κ3) is 3.76. The fraction of sp³-hybridized carbons (Fsp3) is 0.333.